The normalized spacial score (nSPS) is 20.8. The van der Waals surface area contributed by atoms with Crippen molar-refractivity contribution in [3.8, 4) is 0 Å². The fourth-order valence-corrected chi connectivity index (χ4v) is 5.43. The van der Waals surface area contributed by atoms with Crippen molar-refractivity contribution in [3.05, 3.63) is 34.5 Å². The number of amides is 1. The number of thiophene rings is 1. The lowest BCUT2D eigenvalue weighted by Gasteiger charge is -2.10. The van der Waals surface area contributed by atoms with E-state index in [4.69, 9.17) is 0 Å². The Bertz CT molecular complexity index is 826. The number of hydrogen-bond acceptors (Lipinski definition) is 4. The molecule has 1 aliphatic heterocycles. The fourth-order valence-electron chi connectivity index (χ4n) is 2.63. The quantitative estimate of drug-likeness (QED) is 0.920. The van der Waals surface area contributed by atoms with E-state index in [0.717, 1.165) is 4.70 Å². The van der Waals surface area contributed by atoms with E-state index in [2.05, 4.69) is 5.32 Å². The largest absolute Gasteiger partial charge is 0.348 e. The van der Waals surface area contributed by atoms with Gasteiger partial charge in [0.25, 0.3) is 5.91 Å². The number of carbonyl (C=O) groups is 1. The molecule has 2 aromatic rings. The van der Waals surface area contributed by atoms with Gasteiger partial charge in [0, 0.05) is 16.1 Å². The highest BCUT2D eigenvalue weighted by Crippen LogP contribution is 2.32. The summed E-state index contributed by atoms with van der Waals surface area (Å²) in [6.07, 6.45) is 0.437. The van der Waals surface area contributed by atoms with Crippen LogP contribution in [0.3, 0.4) is 0 Å². The minimum atomic E-state index is -3.04. The van der Waals surface area contributed by atoms with Crippen LogP contribution in [0.5, 0.6) is 0 Å². The van der Waals surface area contributed by atoms with Crippen LogP contribution >= 0.6 is 11.3 Å². The lowest BCUT2D eigenvalue weighted by Crippen LogP contribution is -2.35. The van der Waals surface area contributed by atoms with Gasteiger partial charge in [0.1, 0.15) is 5.82 Å². The van der Waals surface area contributed by atoms with Gasteiger partial charge in [-0.1, -0.05) is 6.07 Å². The third kappa shape index (κ3) is 2.67. The number of carbonyl (C=O) groups excluding carboxylic acids is 1. The minimum Gasteiger partial charge on any atom is -0.348 e. The summed E-state index contributed by atoms with van der Waals surface area (Å²) in [4.78, 5) is 12.7. The van der Waals surface area contributed by atoms with Crippen LogP contribution in [0.25, 0.3) is 10.1 Å². The molecule has 0 spiro atoms. The average molecular weight is 327 g/mol. The van der Waals surface area contributed by atoms with Crippen molar-refractivity contribution in [2.75, 3.05) is 11.5 Å². The molecule has 1 saturated heterocycles. The second-order valence-corrected chi connectivity index (χ2v) is 8.52. The Morgan fingerprint density at radius 3 is 2.81 bits per heavy atom. The van der Waals surface area contributed by atoms with Crippen LogP contribution in [0.2, 0.25) is 0 Å². The summed E-state index contributed by atoms with van der Waals surface area (Å²) in [5, 5.41) is 3.21. The Labute approximate surface area is 125 Å². The second kappa shape index (κ2) is 5.06. The Balaban J connectivity index is 1.89. The predicted molar refractivity (Wildman–Crippen MR) is 81.0 cm³/mol. The molecule has 0 unspecified atom stereocenters. The Morgan fingerprint density at radius 2 is 2.19 bits per heavy atom. The summed E-state index contributed by atoms with van der Waals surface area (Å²) in [5.41, 5.74) is 0.603. The third-order valence-corrected chi connectivity index (χ3v) is 6.70. The van der Waals surface area contributed by atoms with Gasteiger partial charge in [-0.05, 0) is 31.0 Å². The Kier molecular flexibility index (Phi) is 3.49. The van der Waals surface area contributed by atoms with E-state index in [1.165, 1.54) is 17.4 Å². The highest BCUT2D eigenvalue weighted by Gasteiger charge is 2.30. The first kappa shape index (κ1) is 14.5. The molecule has 21 heavy (non-hydrogen) atoms. The smallest absolute Gasteiger partial charge is 0.261 e. The predicted octanol–water partition coefficient (Wildman–Crippen LogP) is 2.27. The minimum absolute atomic E-state index is 0.0168. The van der Waals surface area contributed by atoms with Gasteiger partial charge in [-0.2, -0.15) is 0 Å². The number of benzene rings is 1. The number of halogens is 1. The zero-order chi connectivity index (χ0) is 15.2. The molecule has 7 heteroatoms. The molecule has 1 N–H and O–H groups in total. The lowest BCUT2D eigenvalue weighted by atomic mass is 10.1. The van der Waals surface area contributed by atoms with E-state index in [9.17, 15) is 17.6 Å². The molecule has 1 fully saturated rings. The first-order valence-corrected chi connectivity index (χ1v) is 9.20. The van der Waals surface area contributed by atoms with Crippen LogP contribution in [0.4, 0.5) is 4.39 Å². The second-order valence-electron chi connectivity index (χ2n) is 5.24. The van der Waals surface area contributed by atoms with E-state index in [1.54, 1.807) is 19.1 Å². The lowest BCUT2D eigenvalue weighted by molar-refractivity contribution is 0.0945. The van der Waals surface area contributed by atoms with E-state index in [1.807, 2.05) is 0 Å². The van der Waals surface area contributed by atoms with E-state index < -0.39 is 9.84 Å². The van der Waals surface area contributed by atoms with E-state index >= 15 is 0 Å². The SMILES string of the molecule is Cc1c(C(=O)N[C@@H]2CCS(=O)(=O)C2)sc2cccc(F)c12. The molecule has 0 saturated carbocycles. The Hall–Kier alpha value is -1.47. The molecule has 112 valence electrons. The van der Waals surface area contributed by atoms with Crippen LogP contribution in [-0.4, -0.2) is 31.9 Å². The summed E-state index contributed by atoms with van der Waals surface area (Å²) in [6, 6.07) is 4.40. The number of aryl methyl sites for hydroxylation is 1. The molecule has 1 aliphatic rings. The maximum absolute atomic E-state index is 13.8. The summed E-state index contributed by atoms with van der Waals surface area (Å²) in [5.74, 6) is -0.575. The molecule has 0 bridgehead atoms. The van der Waals surface area contributed by atoms with Gasteiger partial charge >= 0.3 is 0 Å². The topological polar surface area (TPSA) is 63.2 Å². The number of fused-ring (bicyclic) bond motifs is 1. The van der Waals surface area contributed by atoms with Gasteiger partial charge in [0.05, 0.1) is 16.4 Å². The van der Waals surface area contributed by atoms with Crippen LogP contribution in [-0.2, 0) is 9.84 Å². The maximum atomic E-state index is 13.8. The molecule has 1 amide bonds. The zero-order valence-corrected chi connectivity index (χ0v) is 13.0. The first-order chi connectivity index (χ1) is 9.87. The molecule has 1 aromatic carbocycles. The highest BCUT2D eigenvalue weighted by atomic mass is 32.2. The van der Waals surface area contributed by atoms with Crippen molar-refractivity contribution < 1.29 is 17.6 Å². The summed E-state index contributed by atoms with van der Waals surface area (Å²) in [6.45, 7) is 1.71. The molecule has 1 aromatic heterocycles. The average Bonchev–Trinajstić information content (AvgIpc) is 2.91. The van der Waals surface area contributed by atoms with Gasteiger partial charge in [0.2, 0.25) is 0 Å². The zero-order valence-electron chi connectivity index (χ0n) is 11.3. The summed E-state index contributed by atoms with van der Waals surface area (Å²) >= 11 is 1.23. The molecule has 0 aliphatic carbocycles. The standard InChI is InChI=1S/C14H14FNO3S2/c1-8-12-10(15)3-2-4-11(12)20-13(8)14(17)16-9-5-6-21(18,19)7-9/h2-4,9H,5-7H2,1H3,(H,16,17)/t9-/m1/s1. The van der Waals surface area contributed by atoms with Crippen LogP contribution in [0.1, 0.15) is 21.7 Å². The van der Waals surface area contributed by atoms with Crippen LogP contribution < -0.4 is 5.32 Å². The molecule has 4 nitrogen and oxygen atoms in total. The maximum Gasteiger partial charge on any atom is 0.261 e. The van der Waals surface area contributed by atoms with Crippen LogP contribution in [0.15, 0.2) is 18.2 Å². The number of hydrogen-bond donors (Lipinski definition) is 1. The summed E-state index contributed by atoms with van der Waals surface area (Å²) in [7, 11) is -3.04. The Morgan fingerprint density at radius 1 is 1.43 bits per heavy atom. The van der Waals surface area contributed by atoms with Crippen molar-refractivity contribution in [3.63, 3.8) is 0 Å². The first-order valence-electron chi connectivity index (χ1n) is 6.56. The van der Waals surface area contributed by atoms with Crippen molar-refractivity contribution in [1.29, 1.82) is 0 Å². The molecular formula is C14H14FNO3S2. The van der Waals surface area contributed by atoms with Crippen molar-refractivity contribution in [2.45, 2.75) is 19.4 Å². The van der Waals surface area contributed by atoms with Gasteiger partial charge in [-0.15, -0.1) is 11.3 Å². The number of nitrogens with one attached hydrogen (secondary N) is 1. The monoisotopic (exact) mass is 327 g/mol. The van der Waals surface area contributed by atoms with Crippen molar-refractivity contribution >= 4 is 37.2 Å². The molecule has 3 rings (SSSR count). The van der Waals surface area contributed by atoms with Gasteiger partial charge in [-0.25, -0.2) is 12.8 Å². The number of rotatable bonds is 2. The van der Waals surface area contributed by atoms with Gasteiger partial charge in [-0.3, -0.25) is 4.79 Å². The third-order valence-electron chi connectivity index (χ3n) is 3.68. The highest BCUT2D eigenvalue weighted by molar-refractivity contribution is 7.91. The molecule has 0 radical (unpaired) electrons. The van der Waals surface area contributed by atoms with Crippen LogP contribution in [0, 0.1) is 12.7 Å². The molecule has 2 heterocycles. The number of sulfone groups is 1. The summed E-state index contributed by atoms with van der Waals surface area (Å²) < 4.78 is 37.4. The van der Waals surface area contributed by atoms with E-state index in [-0.39, 0.29) is 29.3 Å². The van der Waals surface area contributed by atoms with Crippen molar-refractivity contribution in [2.24, 2.45) is 0 Å². The fraction of sp³-hybridized carbons (Fsp3) is 0.357. The molecule has 1 atom stereocenters. The van der Waals surface area contributed by atoms with Crippen molar-refractivity contribution in [1.82, 2.24) is 5.32 Å². The molecular weight excluding hydrogens is 313 g/mol. The van der Waals surface area contributed by atoms with Gasteiger partial charge < -0.3 is 5.32 Å². The van der Waals surface area contributed by atoms with E-state index in [0.29, 0.717) is 22.2 Å². The van der Waals surface area contributed by atoms with Gasteiger partial charge in [0.15, 0.2) is 9.84 Å².